The van der Waals surface area contributed by atoms with Gasteiger partial charge in [0, 0.05) is 29.1 Å². The minimum Gasteiger partial charge on any atom is -0.338 e. The third-order valence-electron chi connectivity index (χ3n) is 3.99. The molecule has 1 amide bonds. The van der Waals surface area contributed by atoms with Crippen molar-refractivity contribution in [2.45, 2.75) is 44.6 Å². The molecule has 1 aliphatic heterocycles. The van der Waals surface area contributed by atoms with Gasteiger partial charge in [0.25, 0.3) is 0 Å². The zero-order chi connectivity index (χ0) is 14.4. The van der Waals surface area contributed by atoms with Crippen LogP contribution in [0.25, 0.3) is 0 Å². The van der Waals surface area contributed by atoms with Gasteiger partial charge in [-0.15, -0.1) is 0 Å². The van der Waals surface area contributed by atoms with Crippen molar-refractivity contribution in [3.05, 3.63) is 33.4 Å². The van der Waals surface area contributed by atoms with Gasteiger partial charge in [-0.1, -0.05) is 12.1 Å². The molecule has 1 aliphatic rings. The van der Waals surface area contributed by atoms with Crippen molar-refractivity contribution in [1.29, 1.82) is 0 Å². The first-order valence-electron chi connectivity index (χ1n) is 7.44. The zero-order valence-electron chi connectivity index (χ0n) is 11.9. The van der Waals surface area contributed by atoms with E-state index in [2.05, 4.69) is 46.9 Å². The van der Waals surface area contributed by atoms with Gasteiger partial charge in [-0.3, -0.25) is 4.79 Å². The van der Waals surface area contributed by atoms with Crippen LogP contribution in [0.15, 0.2) is 24.3 Å². The van der Waals surface area contributed by atoms with Crippen LogP contribution in [0.4, 0.5) is 0 Å². The molecule has 3 nitrogen and oxygen atoms in total. The largest absolute Gasteiger partial charge is 0.338 e. The maximum Gasteiger partial charge on any atom is 0.222 e. The van der Waals surface area contributed by atoms with Crippen molar-refractivity contribution in [3.63, 3.8) is 0 Å². The van der Waals surface area contributed by atoms with E-state index in [1.807, 2.05) is 4.90 Å². The fourth-order valence-electron chi connectivity index (χ4n) is 2.81. The monoisotopic (exact) mass is 386 g/mol. The average molecular weight is 386 g/mol. The van der Waals surface area contributed by atoms with E-state index in [9.17, 15) is 4.79 Å². The predicted octanol–water partition coefficient (Wildman–Crippen LogP) is 2.95. The maximum atomic E-state index is 12.1. The lowest BCUT2D eigenvalue weighted by Gasteiger charge is -2.23. The fourth-order valence-corrected chi connectivity index (χ4v) is 3.17. The van der Waals surface area contributed by atoms with E-state index in [0.29, 0.717) is 24.9 Å². The third kappa shape index (κ3) is 4.45. The van der Waals surface area contributed by atoms with E-state index in [1.165, 1.54) is 9.13 Å². The summed E-state index contributed by atoms with van der Waals surface area (Å²) in [6, 6.07) is 8.91. The number of benzene rings is 1. The van der Waals surface area contributed by atoms with Crippen LogP contribution in [0, 0.1) is 3.57 Å². The Morgan fingerprint density at radius 2 is 2.05 bits per heavy atom. The number of nitrogens with zero attached hydrogens (tertiary/aromatic N) is 1. The van der Waals surface area contributed by atoms with Gasteiger partial charge in [-0.25, -0.2) is 0 Å². The van der Waals surface area contributed by atoms with Crippen molar-refractivity contribution < 1.29 is 4.79 Å². The van der Waals surface area contributed by atoms with Gasteiger partial charge in [-0.05, 0) is 72.4 Å². The molecule has 1 unspecified atom stereocenters. The molecular formula is C16H23IN2O. The summed E-state index contributed by atoms with van der Waals surface area (Å²) in [5.74, 6) is 0.292. The number of rotatable bonds is 6. The molecule has 1 fully saturated rings. The highest BCUT2D eigenvalue weighted by Crippen LogP contribution is 2.18. The Bertz CT molecular complexity index is 433. The molecule has 110 valence electrons. The molecule has 0 radical (unpaired) electrons. The fraction of sp³-hybridized carbons (Fsp3) is 0.562. The summed E-state index contributed by atoms with van der Waals surface area (Å²) in [5, 5.41) is 0. The topological polar surface area (TPSA) is 46.3 Å². The normalized spacial score (nSPS) is 18.5. The second kappa shape index (κ2) is 7.98. The van der Waals surface area contributed by atoms with Crippen molar-refractivity contribution in [2.24, 2.45) is 5.73 Å². The summed E-state index contributed by atoms with van der Waals surface area (Å²) < 4.78 is 1.27. The number of hydrogen-bond donors (Lipinski definition) is 1. The first-order valence-corrected chi connectivity index (χ1v) is 8.52. The highest BCUT2D eigenvalue weighted by Gasteiger charge is 2.26. The number of nitrogens with two attached hydrogens (primary N) is 1. The standard InChI is InChI=1S/C16H23IN2O/c17-14-9-7-13(8-10-14)4-1-2-6-16(20)19-11-3-5-15(19)12-18/h7-10,15H,1-6,11-12,18H2. The minimum absolute atomic E-state index is 0.290. The van der Waals surface area contributed by atoms with Crippen LogP contribution in [0.2, 0.25) is 0 Å². The van der Waals surface area contributed by atoms with Crippen LogP contribution < -0.4 is 5.73 Å². The molecule has 0 aromatic heterocycles. The molecule has 2 N–H and O–H groups in total. The Kier molecular flexibility index (Phi) is 6.29. The molecule has 1 heterocycles. The summed E-state index contributed by atoms with van der Waals surface area (Å²) >= 11 is 2.32. The van der Waals surface area contributed by atoms with Crippen LogP contribution in [0.3, 0.4) is 0 Å². The summed E-state index contributed by atoms with van der Waals surface area (Å²) in [6.45, 7) is 1.51. The minimum atomic E-state index is 0.290. The van der Waals surface area contributed by atoms with Crippen molar-refractivity contribution in [1.82, 2.24) is 4.90 Å². The molecule has 20 heavy (non-hydrogen) atoms. The van der Waals surface area contributed by atoms with Gasteiger partial charge in [0.05, 0.1) is 0 Å². The van der Waals surface area contributed by atoms with Crippen LogP contribution in [0.1, 0.15) is 37.7 Å². The van der Waals surface area contributed by atoms with Gasteiger partial charge in [0.15, 0.2) is 0 Å². The van der Waals surface area contributed by atoms with Crippen molar-refractivity contribution in [3.8, 4) is 0 Å². The van der Waals surface area contributed by atoms with E-state index in [1.54, 1.807) is 0 Å². The van der Waals surface area contributed by atoms with E-state index < -0.39 is 0 Å². The van der Waals surface area contributed by atoms with E-state index in [4.69, 9.17) is 5.73 Å². The summed E-state index contributed by atoms with van der Waals surface area (Å²) in [4.78, 5) is 14.1. The lowest BCUT2D eigenvalue weighted by molar-refractivity contribution is -0.131. The van der Waals surface area contributed by atoms with Gasteiger partial charge in [0.1, 0.15) is 0 Å². The highest BCUT2D eigenvalue weighted by atomic mass is 127. The highest BCUT2D eigenvalue weighted by molar-refractivity contribution is 14.1. The Balaban J connectivity index is 1.68. The zero-order valence-corrected chi connectivity index (χ0v) is 14.0. The van der Waals surface area contributed by atoms with Crippen LogP contribution in [-0.2, 0) is 11.2 Å². The smallest absolute Gasteiger partial charge is 0.222 e. The summed E-state index contributed by atoms with van der Waals surface area (Å²) in [6.07, 6.45) is 5.96. The van der Waals surface area contributed by atoms with Gasteiger partial charge in [-0.2, -0.15) is 0 Å². The Labute approximate surface area is 135 Å². The maximum absolute atomic E-state index is 12.1. The molecule has 0 bridgehead atoms. The van der Waals surface area contributed by atoms with Crippen LogP contribution in [-0.4, -0.2) is 29.9 Å². The quantitative estimate of drug-likeness (QED) is 0.604. The Morgan fingerprint density at radius 3 is 2.75 bits per heavy atom. The molecule has 0 aliphatic carbocycles. The second-order valence-corrected chi connectivity index (χ2v) is 6.70. The molecule has 0 spiro atoms. The number of unbranched alkanes of at least 4 members (excludes halogenated alkanes) is 1. The summed E-state index contributed by atoms with van der Waals surface area (Å²) in [7, 11) is 0. The van der Waals surface area contributed by atoms with Crippen LogP contribution >= 0.6 is 22.6 Å². The number of likely N-dealkylation sites (tertiary alicyclic amines) is 1. The number of carbonyl (C=O) groups excluding carboxylic acids is 1. The van der Waals surface area contributed by atoms with E-state index >= 15 is 0 Å². The van der Waals surface area contributed by atoms with Crippen LogP contribution in [0.5, 0.6) is 0 Å². The van der Waals surface area contributed by atoms with Crippen molar-refractivity contribution in [2.75, 3.05) is 13.1 Å². The Morgan fingerprint density at radius 1 is 1.30 bits per heavy atom. The molecule has 1 aromatic carbocycles. The van der Waals surface area contributed by atoms with Crippen molar-refractivity contribution >= 4 is 28.5 Å². The first-order chi connectivity index (χ1) is 9.70. The molecule has 1 aromatic rings. The summed E-state index contributed by atoms with van der Waals surface area (Å²) in [5.41, 5.74) is 7.07. The third-order valence-corrected chi connectivity index (χ3v) is 4.71. The molecule has 4 heteroatoms. The Hall–Kier alpha value is -0.620. The molecule has 2 rings (SSSR count). The molecule has 1 atom stereocenters. The number of carbonyl (C=O) groups is 1. The van der Waals surface area contributed by atoms with Gasteiger partial charge < -0.3 is 10.6 Å². The SMILES string of the molecule is NCC1CCCN1C(=O)CCCCc1ccc(I)cc1. The number of halogens is 1. The van der Waals surface area contributed by atoms with Gasteiger partial charge in [0.2, 0.25) is 5.91 Å². The predicted molar refractivity (Wildman–Crippen MR) is 90.5 cm³/mol. The lowest BCUT2D eigenvalue weighted by atomic mass is 10.1. The van der Waals surface area contributed by atoms with Gasteiger partial charge >= 0.3 is 0 Å². The second-order valence-electron chi connectivity index (χ2n) is 5.45. The number of aryl methyl sites for hydroxylation is 1. The first kappa shape index (κ1) is 15.8. The average Bonchev–Trinajstić information content (AvgIpc) is 2.94. The van der Waals surface area contributed by atoms with E-state index in [-0.39, 0.29) is 0 Å². The number of amides is 1. The van der Waals surface area contributed by atoms with E-state index in [0.717, 1.165) is 38.6 Å². The molecule has 0 saturated carbocycles. The molecule has 1 saturated heterocycles. The molecular weight excluding hydrogens is 363 g/mol. The lowest BCUT2D eigenvalue weighted by Crippen LogP contribution is -2.39. The number of hydrogen-bond acceptors (Lipinski definition) is 2.